The molecule has 1 spiro atoms. The van der Waals surface area contributed by atoms with E-state index in [1.807, 2.05) is 6.07 Å². The van der Waals surface area contributed by atoms with E-state index >= 15 is 4.39 Å². The van der Waals surface area contributed by atoms with Gasteiger partial charge in [0.05, 0.1) is 17.7 Å². The molecule has 2 aromatic rings. The number of nitriles is 1. The summed E-state index contributed by atoms with van der Waals surface area (Å²) in [6.45, 7) is 0.0287. The van der Waals surface area contributed by atoms with Crippen molar-refractivity contribution in [1.82, 2.24) is 9.88 Å². The zero-order valence-corrected chi connectivity index (χ0v) is 14.7. The molecule has 9 heteroatoms. The second-order valence-corrected chi connectivity index (χ2v) is 6.72. The number of amidine groups is 1. The minimum atomic E-state index is -1.55. The molecule has 0 bridgehead atoms. The fourth-order valence-corrected chi connectivity index (χ4v) is 3.54. The summed E-state index contributed by atoms with van der Waals surface area (Å²) < 4.78 is 29.2. The predicted octanol–water partition coefficient (Wildman–Crippen LogP) is 1.80. The number of pyridine rings is 1. The van der Waals surface area contributed by atoms with Gasteiger partial charge >= 0.3 is 0 Å². The first-order valence-electron chi connectivity index (χ1n) is 8.65. The first-order chi connectivity index (χ1) is 13.4. The van der Waals surface area contributed by atoms with E-state index in [2.05, 4.69) is 15.3 Å². The van der Waals surface area contributed by atoms with Gasteiger partial charge in [-0.05, 0) is 24.3 Å². The number of anilines is 1. The molecule has 7 nitrogen and oxygen atoms in total. The molecule has 0 radical (unpaired) electrons. The van der Waals surface area contributed by atoms with Crippen LogP contribution in [0.2, 0.25) is 0 Å². The smallest absolute Gasteiger partial charge is 0.255 e. The molecule has 1 saturated heterocycles. The highest BCUT2D eigenvalue weighted by Gasteiger charge is 2.47. The first-order valence-corrected chi connectivity index (χ1v) is 8.65. The Bertz CT molecular complexity index is 1020. The van der Waals surface area contributed by atoms with Crippen molar-refractivity contribution in [3.05, 3.63) is 59.2 Å². The molecule has 142 valence electrons. The van der Waals surface area contributed by atoms with Crippen LogP contribution < -0.4 is 11.1 Å². The number of halogens is 2. The quantitative estimate of drug-likeness (QED) is 0.782. The lowest BCUT2D eigenvalue weighted by atomic mass is 9.91. The van der Waals surface area contributed by atoms with Crippen LogP contribution in [-0.2, 0) is 0 Å². The molecule has 28 heavy (non-hydrogen) atoms. The van der Waals surface area contributed by atoms with Gasteiger partial charge in [0.15, 0.2) is 11.8 Å². The monoisotopic (exact) mass is 382 g/mol. The highest BCUT2D eigenvalue weighted by atomic mass is 19.1. The van der Waals surface area contributed by atoms with Crippen molar-refractivity contribution in [2.75, 3.05) is 18.4 Å². The Morgan fingerprint density at radius 1 is 1.39 bits per heavy atom. The summed E-state index contributed by atoms with van der Waals surface area (Å²) >= 11 is 0. The minimum Gasteiger partial charge on any atom is -0.383 e. The summed E-state index contributed by atoms with van der Waals surface area (Å²) in [5, 5.41) is 11.8. The van der Waals surface area contributed by atoms with Gasteiger partial charge in [0.1, 0.15) is 23.4 Å². The van der Waals surface area contributed by atoms with Crippen LogP contribution in [0.3, 0.4) is 0 Å². The van der Waals surface area contributed by atoms with Crippen LogP contribution in [0.15, 0.2) is 41.5 Å². The molecule has 0 aliphatic carbocycles. The number of alkyl halides is 1. The molecule has 1 aromatic heterocycles. The number of carbonyl (C=O) groups excluding carboxylic acids is 1. The maximum Gasteiger partial charge on any atom is 0.255 e. The van der Waals surface area contributed by atoms with Crippen molar-refractivity contribution in [2.45, 2.75) is 18.3 Å². The molecule has 0 unspecified atom stereocenters. The first kappa shape index (κ1) is 17.9. The van der Waals surface area contributed by atoms with Gasteiger partial charge < -0.3 is 16.0 Å². The largest absolute Gasteiger partial charge is 0.383 e. The van der Waals surface area contributed by atoms with Gasteiger partial charge in [-0.15, -0.1) is 0 Å². The number of nitrogens with two attached hydrogens (primary N) is 1. The van der Waals surface area contributed by atoms with Gasteiger partial charge in [0.2, 0.25) is 0 Å². The lowest BCUT2D eigenvalue weighted by Gasteiger charge is -2.44. The molecule has 3 N–H and O–H groups in total. The maximum absolute atomic E-state index is 15.2. The fraction of sp³-hybridized carbons (Fsp3) is 0.263. The van der Waals surface area contributed by atoms with Gasteiger partial charge in [-0.3, -0.25) is 4.79 Å². The SMILES string of the molecule is N#Cc1ccc(C(=O)N2CC[C@@]3(N=C(N)c4c(F)cccc4N3)[C@@H](F)C2)cn1. The van der Waals surface area contributed by atoms with Crippen molar-refractivity contribution in [3.8, 4) is 6.07 Å². The molecular weight excluding hydrogens is 366 g/mol. The van der Waals surface area contributed by atoms with Crippen LogP contribution >= 0.6 is 0 Å². The second-order valence-electron chi connectivity index (χ2n) is 6.72. The number of rotatable bonds is 1. The number of hydrogen-bond donors (Lipinski definition) is 2. The van der Waals surface area contributed by atoms with Gasteiger partial charge in [0.25, 0.3) is 5.91 Å². The Balaban J connectivity index is 1.55. The minimum absolute atomic E-state index is 0.0643. The average Bonchev–Trinajstić information content (AvgIpc) is 2.69. The molecule has 2 atom stereocenters. The van der Waals surface area contributed by atoms with Gasteiger partial charge in [0, 0.05) is 24.8 Å². The predicted molar refractivity (Wildman–Crippen MR) is 97.8 cm³/mol. The van der Waals surface area contributed by atoms with Crippen molar-refractivity contribution in [2.24, 2.45) is 10.7 Å². The van der Waals surface area contributed by atoms with Crippen LogP contribution in [0.5, 0.6) is 0 Å². The molecule has 2 aliphatic rings. The third-order valence-corrected chi connectivity index (χ3v) is 5.01. The summed E-state index contributed by atoms with van der Waals surface area (Å²) in [6.07, 6.45) is -0.0845. The molecule has 4 rings (SSSR count). The van der Waals surface area contributed by atoms with E-state index in [0.717, 1.165) is 0 Å². The Hall–Kier alpha value is -3.54. The Labute approximate surface area is 159 Å². The van der Waals surface area contributed by atoms with Gasteiger partial charge in [-0.25, -0.2) is 18.8 Å². The third-order valence-electron chi connectivity index (χ3n) is 5.01. The fourth-order valence-electron chi connectivity index (χ4n) is 3.54. The second kappa shape index (κ2) is 6.56. The number of benzene rings is 1. The molecule has 2 aliphatic heterocycles. The van der Waals surface area contributed by atoms with Crippen LogP contribution in [0.4, 0.5) is 14.5 Å². The topological polar surface area (TPSA) is 107 Å². The van der Waals surface area contributed by atoms with E-state index < -0.39 is 17.7 Å². The lowest BCUT2D eigenvalue weighted by Crippen LogP contribution is -2.59. The van der Waals surface area contributed by atoms with E-state index in [9.17, 15) is 9.18 Å². The zero-order valence-electron chi connectivity index (χ0n) is 14.7. The third kappa shape index (κ3) is 2.83. The molecule has 0 saturated carbocycles. The Kier molecular flexibility index (Phi) is 4.19. The Morgan fingerprint density at radius 3 is 2.89 bits per heavy atom. The zero-order chi connectivity index (χ0) is 19.9. The Morgan fingerprint density at radius 2 is 2.21 bits per heavy atom. The molecular formula is C19H16F2N6O. The van der Waals surface area contributed by atoms with Crippen LogP contribution in [-0.4, -0.2) is 46.6 Å². The van der Waals surface area contributed by atoms with E-state index in [4.69, 9.17) is 11.0 Å². The highest BCUT2D eigenvalue weighted by Crippen LogP contribution is 2.36. The molecule has 1 aromatic carbocycles. The highest BCUT2D eigenvalue weighted by molar-refractivity contribution is 6.04. The van der Waals surface area contributed by atoms with Crippen LogP contribution in [0.1, 0.15) is 28.0 Å². The number of nitrogens with one attached hydrogen (secondary N) is 1. The number of amides is 1. The van der Waals surface area contributed by atoms with Crippen molar-refractivity contribution < 1.29 is 13.6 Å². The van der Waals surface area contributed by atoms with Crippen molar-refractivity contribution in [1.29, 1.82) is 5.26 Å². The van der Waals surface area contributed by atoms with Crippen molar-refractivity contribution >= 4 is 17.4 Å². The summed E-state index contributed by atoms with van der Waals surface area (Å²) in [4.78, 5) is 22.1. The van der Waals surface area contributed by atoms with E-state index in [1.165, 1.54) is 35.4 Å². The van der Waals surface area contributed by atoms with Gasteiger partial charge in [-0.1, -0.05) is 6.07 Å². The summed E-state index contributed by atoms with van der Waals surface area (Å²) in [5.41, 5.74) is 5.55. The normalized spacial score (nSPS) is 23.4. The maximum atomic E-state index is 15.2. The lowest BCUT2D eigenvalue weighted by molar-refractivity contribution is 0.0494. The van der Waals surface area contributed by atoms with E-state index in [1.54, 1.807) is 6.07 Å². The van der Waals surface area contributed by atoms with Crippen molar-refractivity contribution in [3.63, 3.8) is 0 Å². The molecule has 3 heterocycles. The number of nitrogens with zero attached hydrogens (tertiary/aromatic N) is 4. The van der Waals surface area contributed by atoms with Crippen LogP contribution in [0.25, 0.3) is 0 Å². The summed E-state index contributed by atoms with van der Waals surface area (Å²) in [5.74, 6) is -0.975. The number of aliphatic imine (C=N–C) groups is 1. The summed E-state index contributed by atoms with van der Waals surface area (Å²) in [6, 6.07) is 9.19. The number of fused-ring (bicyclic) bond motifs is 1. The molecule has 1 amide bonds. The van der Waals surface area contributed by atoms with Gasteiger partial charge in [-0.2, -0.15) is 5.26 Å². The number of hydrogen-bond acceptors (Lipinski definition) is 6. The standard InChI is InChI=1S/C19H16F2N6O/c20-13-2-1-3-14-16(13)17(23)26-19(25-14)6-7-27(10-15(19)21)18(28)11-4-5-12(8-22)24-9-11/h1-5,9,15,25H,6-7,10H2,(H2,23,26)/t15-,19+/m0/s1. The number of likely N-dealkylation sites (tertiary alicyclic amines) is 1. The number of piperidine rings is 1. The number of carbonyl (C=O) groups is 1. The molecule has 1 fully saturated rings. The van der Waals surface area contributed by atoms with E-state index in [0.29, 0.717) is 5.69 Å². The van der Waals surface area contributed by atoms with Crippen LogP contribution in [0, 0.1) is 17.1 Å². The average molecular weight is 382 g/mol. The summed E-state index contributed by atoms with van der Waals surface area (Å²) in [7, 11) is 0. The van der Waals surface area contributed by atoms with E-state index in [-0.39, 0.29) is 48.1 Å². The number of aromatic nitrogens is 1.